The van der Waals surface area contributed by atoms with Gasteiger partial charge in [0.15, 0.2) is 5.83 Å². The first-order chi connectivity index (χ1) is 7.17. The van der Waals surface area contributed by atoms with E-state index in [-0.39, 0.29) is 18.3 Å². The van der Waals surface area contributed by atoms with Crippen LogP contribution in [0.4, 0.5) is 13.2 Å². The summed E-state index contributed by atoms with van der Waals surface area (Å²) in [5, 5.41) is 9.78. The number of aliphatic hydroxyl groups is 1. The first-order valence-electron chi connectivity index (χ1n) is 5.60. The molecule has 0 saturated heterocycles. The Kier molecular flexibility index (Phi) is 3.72. The summed E-state index contributed by atoms with van der Waals surface area (Å²) in [5.41, 5.74) is -1.85. The van der Waals surface area contributed by atoms with Gasteiger partial charge in [0.1, 0.15) is 5.60 Å². The highest BCUT2D eigenvalue weighted by Crippen LogP contribution is 2.44. The standard InChI is InChI=1S/C12H19F3O/c1-11(2,3)8-4-6-12(16,7-5-8)9(13)10(14)15/h8,16H,4-7H2,1-3H3. The second-order valence-corrected chi connectivity index (χ2v) is 5.75. The third kappa shape index (κ3) is 2.78. The maximum Gasteiger partial charge on any atom is 0.304 e. The summed E-state index contributed by atoms with van der Waals surface area (Å²) in [6.07, 6.45) is -1.06. The van der Waals surface area contributed by atoms with Gasteiger partial charge in [-0.15, -0.1) is 0 Å². The van der Waals surface area contributed by atoms with E-state index in [0.717, 1.165) is 0 Å². The van der Waals surface area contributed by atoms with Crippen molar-refractivity contribution < 1.29 is 18.3 Å². The van der Waals surface area contributed by atoms with Gasteiger partial charge in [-0.05, 0) is 37.0 Å². The predicted octanol–water partition coefficient (Wildman–Crippen LogP) is 4.03. The fraction of sp³-hybridized carbons (Fsp3) is 0.833. The van der Waals surface area contributed by atoms with Gasteiger partial charge in [-0.2, -0.15) is 8.78 Å². The highest BCUT2D eigenvalue weighted by molar-refractivity contribution is 5.11. The summed E-state index contributed by atoms with van der Waals surface area (Å²) >= 11 is 0. The minimum Gasteiger partial charge on any atom is -0.383 e. The summed E-state index contributed by atoms with van der Waals surface area (Å²) < 4.78 is 37.4. The van der Waals surface area contributed by atoms with Crippen LogP contribution in [0.25, 0.3) is 0 Å². The van der Waals surface area contributed by atoms with E-state index in [9.17, 15) is 18.3 Å². The van der Waals surface area contributed by atoms with E-state index in [2.05, 4.69) is 20.8 Å². The lowest BCUT2D eigenvalue weighted by Crippen LogP contribution is -2.38. The molecule has 1 aliphatic carbocycles. The summed E-state index contributed by atoms with van der Waals surface area (Å²) in [6, 6.07) is 0. The molecule has 0 amide bonds. The molecule has 0 radical (unpaired) electrons. The molecule has 1 saturated carbocycles. The zero-order chi connectivity index (χ0) is 12.6. The molecule has 1 rings (SSSR count). The number of halogens is 3. The van der Waals surface area contributed by atoms with Crippen molar-refractivity contribution >= 4 is 0 Å². The van der Waals surface area contributed by atoms with Gasteiger partial charge in [-0.25, -0.2) is 4.39 Å². The lowest BCUT2D eigenvalue weighted by atomic mass is 9.68. The van der Waals surface area contributed by atoms with Gasteiger partial charge in [-0.1, -0.05) is 20.8 Å². The Morgan fingerprint density at radius 1 is 1.12 bits per heavy atom. The van der Waals surface area contributed by atoms with Crippen LogP contribution in [-0.4, -0.2) is 10.7 Å². The minimum absolute atomic E-state index is 0.0791. The van der Waals surface area contributed by atoms with E-state index in [4.69, 9.17) is 0 Å². The molecule has 0 unspecified atom stereocenters. The fourth-order valence-corrected chi connectivity index (χ4v) is 2.36. The summed E-state index contributed by atoms with van der Waals surface area (Å²) in [6.45, 7) is 6.22. The van der Waals surface area contributed by atoms with Gasteiger partial charge in [0.05, 0.1) is 0 Å². The lowest BCUT2D eigenvalue weighted by Gasteiger charge is -2.40. The third-order valence-corrected chi connectivity index (χ3v) is 3.61. The molecule has 1 nitrogen and oxygen atoms in total. The average molecular weight is 236 g/mol. The molecule has 16 heavy (non-hydrogen) atoms. The first-order valence-corrected chi connectivity index (χ1v) is 5.60. The molecule has 0 atom stereocenters. The zero-order valence-electron chi connectivity index (χ0n) is 9.99. The van der Waals surface area contributed by atoms with Crippen LogP contribution in [0.1, 0.15) is 46.5 Å². The third-order valence-electron chi connectivity index (χ3n) is 3.61. The van der Waals surface area contributed by atoms with Crippen LogP contribution in [0.2, 0.25) is 0 Å². The van der Waals surface area contributed by atoms with Crippen LogP contribution >= 0.6 is 0 Å². The largest absolute Gasteiger partial charge is 0.383 e. The summed E-state index contributed by atoms with van der Waals surface area (Å²) in [7, 11) is 0. The van der Waals surface area contributed by atoms with Crippen molar-refractivity contribution in [1.29, 1.82) is 0 Å². The molecule has 1 aliphatic rings. The van der Waals surface area contributed by atoms with Crippen molar-refractivity contribution in [3.8, 4) is 0 Å². The lowest BCUT2D eigenvalue weighted by molar-refractivity contribution is -0.0164. The molecular weight excluding hydrogens is 217 g/mol. The highest BCUT2D eigenvalue weighted by Gasteiger charge is 2.42. The number of hydrogen-bond acceptors (Lipinski definition) is 1. The van der Waals surface area contributed by atoms with E-state index in [0.29, 0.717) is 18.8 Å². The Morgan fingerprint density at radius 2 is 1.56 bits per heavy atom. The number of hydrogen-bond donors (Lipinski definition) is 1. The Bertz CT molecular complexity index is 279. The highest BCUT2D eigenvalue weighted by atomic mass is 19.3. The first kappa shape index (κ1) is 13.6. The van der Waals surface area contributed by atoms with Crippen molar-refractivity contribution in [3.63, 3.8) is 0 Å². The van der Waals surface area contributed by atoms with E-state index >= 15 is 0 Å². The van der Waals surface area contributed by atoms with Crippen molar-refractivity contribution in [2.75, 3.05) is 0 Å². The van der Waals surface area contributed by atoms with Gasteiger partial charge in [0.25, 0.3) is 0 Å². The molecule has 0 spiro atoms. The van der Waals surface area contributed by atoms with Crippen LogP contribution in [0.5, 0.6) is 0 Å². The van der Waals surface area contributed by atoms with Crippen molar-refractivity contribution in [1.82, 2.24) is 0 Å². The molecule has 1 N–H and O–H groups in total. The van der Waals surface area contributed by atoms with E-state index in [1.807, 2.05) is 0 Å². The Balaban J connectivity index is 2.71. The average Bonchev–Trinajstić information content (AvgIpc) is 2.15. The molecule has 0 bridgehead atoms. The zero-order valence-corrected chi connectivity index (χ0v) is 9.99. The SMILES string of the molecule is CC(C)(C)C1CCC(O)(C(F)=C(F)F)CC1. The Morgan fingerprint density at radius 3 is 1.88 bits per heavy atom. The topological polar surface area (TPSA) is 20.2 Å². The maximum absolute atomic E-state index is 13.1. The Labute approximate surface area is 94.3 Å². The van der Waals surface area contributed by atoms with Gasteiger partial charge >= 0.3 is 6.08 Å². The van der Waals surface area contributed by atoms with Gasteiger partial charge in [0, 0.05) is 0 Å². The molecule has 0 aliphatic heterocycles. The Hall–Kier alpha value is -0.510. The van der Waals surface area contributed by atoms with Gasteiger partial charge in [0.2, 0.25) is 0 Å². The van der Waals surface area contributed by atoms with Crippen molar-refractivity contribution in [3.05, 3.63) is 11.9 Å². The summed E-state index contributed by atoms with van der Waals surface area (Å²) in [4.78, 5) is 0. The molecule has 1 fully saturated rings. The van der Waals surface area contributed by atoms with E-state index in [1.165, 1.54) is 0 Å². The molecule has 94 valence electrons. The monoisotopic (exact) mass is 236 g/mol. The molecular formula is C12H19F3O. The maximum atomic E-state index is 13.1. The normalized spacial score (nSPS) is 31.3. The van der Waals surface area contributed by atoms with Crippen LogP contribution in [0.15, 0.2) is 11.9 Å². The van der Waals surface area contributed by atoms with Crippen molar-refractivity contribution in [2.45, 2.75) is 52.1 Å². The smallest absolute Gasteiger partial charge is 0.304 e. The molecule has 0 aromatic rings. The van der Waals surface area contributed by atoms with Gasteiger partial charge in [-0.3, -0.25) is 0 Å². The van der Waals surface area contributed by atoms with E-state index in [1.54, 1.807) is 0 Å². The quantitative estimate of drug-likeness (QED) is 0.728. The molecule has 4 heteroatoms. The minimum atomic E-state index is -2.39. The van der Waals surface area contributed by atoms with Crippen molar-refractivity contribution in [2.24, 2.45) is 11.3 Å². The van der Waals surface area contributed by atoms with Gasteiger partial charge < -0.3 is 5.11 Å². The molecule has 0 aromatic carbocycles. The predicted molar refractivity (Wildman–Crippen MR) is 56.7 cm³/mol. The molecule has 0 aromatic heterocycles. The van der Waals surface area contributed by atoms with Crippen LogP contribution in [0.3, 0.4) is 0 Å². The second-order valence-electron chi connectivity index (χ2n) is 5.75. The van der Waals surface area contributed by atoms with E-state index < -0.39 is 17.5 Å². The second kappa shape index (κ2) is 4.40. The number of rotatable bonds is 1. The van der Waals surface area contributed by atoms with Crippen LogP contribution in [0, 0.1) is 11.3 Å². The van der Waals surface area contributed by atoms with Crippen LogP contribution < -0.4 is 0 Å². The van der Waals surface area contributed by atoms with Crippen LogP contribution in [-0.2, 0) is 0 Å². The molecule has 0 heterocycles. The fourth-order valence-electron chi connectivity index (χ4n) is 2.36. The summed E-state index contributed by atoms with van der Waals surface area (Å²) in [5.74, 6) is -1.29.